The molecule has 2 aromatic heterocycles. The average Bonchev–Trinajstić information content (AvgIpc) is 2.72. The first-order valence-corrected chi connectivity index (χ1v) is 9.73. The molecule has 0 bridgehead atoms. The number of anilines is 1. The van der Waals surface area contributed by atoms with E-state index >= 15 is 0 Å². The van der Waals surface area contributed by atoms with Crippen LogP contribution < -0.4 is 5.32 Å². The van der Waals surface area contributed by atoms with Crippen molar-refractivity contribution < 1.29 is 9.53 Å². The van der Waals surface area contributed by atoms with Gasteiger partial charge in [-0.3, -0.25) is 9.78 Å². The maximum absolute atomic E-state index is 11.4. The van der Waals surface area contributed by atoms with Crippen LogP contribution in [0.25, 0.3) is 11.1 Å². The van der Waals surface area contributed by atoms with Crippen molar-refractivity contribution in [2.24, 2.45) is 0 Å². The van der Waals surface area contributed by atoms with Gasteiger partial charge in [-0.1, -0.05) is 0 Å². The van der Waals surface area contributed by atoms with Gasteiger partial charge in [-0.25, -0.2) is 4.98 Å². The summed E-state index contributed by atoms with van der Waals surface area (Å²) in [5.41, 5.74) is 4.51. The van der Waals surface area contributed by atoms with E-state index < -0.39 is 0 Å². The minimum Gasteiger partial charge on any atom is -0.373 e. The number of piperidine rings is 1. The quantitative estimate of drug-likeness (QED) is 0.901. The molecule has 142 valence electrons. The van der Waals surface area contributed by atoms with Gasteiger partial charge in [0.1, 0.15) is 5.82 Å². The largest absolute Gasteiger partial charge is 0.373 e. The molecular weight excluding hydrogens is 340 g/mol. The third-order valence-corrected chi connectivity index (χ3v) is 5.38. The number of carbonyl (C=O) groups is 1. The highest BCUT2D eigenvalue weighted by Gasteiger charge is 2.21. The monoisotopic (exact) mass is 366 g/mol. The first kappa shape index (κ1) is 17.9. The summed E-state index contributed by atoms with van der Waals surface area (Å²) >= 11 is 0. The van der Waals surface area contributed by atoms with Gasteiger partial charge in [0.15, 0.2) is 0 Å². The number of hydrogen-bond acceptors (Lipinski definition) is 5. The van der Waals surface area contributed by atoms with Gasteiger partial charge in [-0.05, 0) is 48.9 Å². The molecule has 1 fully saturated rings. The molecular formula is C21H26N4O2. The van der Waals surface area contributed by atoms with Crippen LogP contribution in [0.1, 0.15) is 37.3 Å². The van der Waals surface area contributed by atoms with Crippen molar-refractivity contribution in [2.45, 2.75) is 45.3 Å². The number of pyridine rings is 2. The van der Waals surface area contributed by atoms with Crippen LogP contribution in [0.2, 0.25) is 0 Å². The molecule has 0 spiro atoms. The molecule has 0 radical (unpaired) electrons. The number of ether oxygens (including phenoxy) is 1. The first-order chi connectivity index (χ1) is 13.2. The predicted molar refractivity (Wildman–Crippen MR) is 104 cm³/mol. The Morgan fingerprint density at radius 3 is 2.85 bits per heavy atom. The molecule has 0 aromatic carbocycles. The predicted octanol–water partition coefficient (Wildman–Crippen LogP) is 3.03. The Morgan fingerprint density at radius 1 is 1.22 bits per heavy atom. The van der Waals surface area contributed by atoms with Crippen LogP contribution in [0.3, 0.4) is 0 Å². The van der Waals surface area contributed by atoms with Crippen molar-refractivity contribution in [3.8, 4) is 11.1 Å². The zero-order chi connectivity index (χ0) is 18.6. The van der Waals surface area contributed by atoms with Crippen LogP contribution in [0.5, 0.6) is 0 Å². The van der Waals surface area contributed by atoms with E-state index in [2.05, 4.69) is 27.4 Å². The van der Waals surface area contributed by atoms with Crippen LogP contribution in [0.15, 0.2) is 30.7 Å². The Balaban J connectivity index is 1.39. The molecule has 1 saturated heterocycles. The number of nitrogens with one attached hydrogen (secondary N) is 1. The molecule has 27 heavy (non-hydrogen) atoms. The number of nitrogens with zero attached hydrogens (tertiary/aromatic N) is 3. The molecule has 0 atom stereocenters. The van der Waals surface area contributed by atoms with Gasteiger partial charge in [-0.15, -0.1) is 0 Å². The highest BCUT2D eigenvalue weighted by Crippen LogP contribution is 2.26. The van der Waals surface area contributed by atoms with E-state index in [4.69, 9.17) is 4.74 Å². The van der Waals surface area contributed by atoms with Gasteiger partial charge in [0.25, 0.3) is 0 Å². The van der Waals surface area contributed by atoms with Crippen LogP contribution in [0.4, 0.5) is 5.82 Å². The number of hydrogen-bond donors (Lipinski definition) is 1. The molecule has 0 aliphatic carbocycles. The number of amides is 1. The number of aryl methyl sites for hydroxylation is 1. The average molecular weight is 366 g/mol. The zero-order valence-electron chi connectivity index (χ0n) is 15.8. The van der Waals surface area contributed by atoms with Gasteiger partial charge < -0.3 is 15.0 Å². The Kier molecular flexibility index (Phi) is 5.34. The lowest BCUT2D eigenvalue weighted by Gasteiger charge is -2.31. The maximum Gasteiger partial charge on any atom is 0.219 e. The fraction of sp³-hybridized carbons (Fsp3) is 0.476. The normalized spacial score (nSPS) is 17.3. The van der Waals surface area contributed by atoms with Crippen molar-refractivity contribution in [1.82, 2.24) is 14.9 Å². The number of likely N-dealkylation sites (tertiary alicyclic amines) is 1. The van der Waals surface area contributed by atoms with Gasteiger partial charge in [0.2, 0.25) is 5.91 Å². The number of aromatic nitrogens is 2. The van der Waals surface area contributed by atoms with Gasteiger partial charge >= 0.3 is 0 Å². The minimum atomic E-state index is 0.152. The Labute approximate surface area is 160 Å². The Hall–Kier alpha value is -2.47. The minimum absolute atomic E-state index is 0.152. The molecule has 2 aromatic rings. The van der Waals surface area contributed by atoms with E-state index in [1.54, 1.807) is 6.92 Å². The Bertz CT molecular complexity index is 816. The topological polar surface area (TPSA) is 67.4 Å². The highest BCUT2D eigenvalue weighted by atomic mass is 16.5. The number of carbonyl (C=O) groups excluding carboxylic acids is 1. The molecule has 2 aliphatic rings. The van der Waals surface area contributed by atoms with E-state index in [0.717, 1.165) is 67.8 Å². The lowest BCUT2D eigenvalue weighted by molar-refractivity contribution is -0.131. The van der Waals surface area contributed by atoms with Crippen LogP contribution in [0, 0.1) is 0 Å². The molecule has 4 heterocycles. The third-order valence-electron chi connectivity index (χ3n) is 5.38. The summed E-state index contributed by atoms with van der Waals surface area (Å²) in [6.45, 7) is 4.74. The lowest BCUT2D eigenvalue weighted by Crippen LogP contribution is -2.39. The van der Waals surface area contributed by atoms with Crippen molar-refractivity contribution >= 4 is 11.7 Å². The van der Waals surface area contributed by atoms with E-state index in [9.17, 15) is 4.79 Å². The van der Waals surface area contributed by atoms with E-state index in [-0.39, 0.29) is 12.0 Å². The summed E-state index contributed by atoms with van der Waals surface area (Å²) in [5.74, 6) is 1.16. The molecule has 1 N–H and O–H groups in total. The van der Waals surface area contributed by atoms with Crippen LogP contribution in [-0.2, 0) is 22.6 Å². The van der Waals surface area contributed by atoms with Crippen molar-refractivity contribution in [1.29, 1.82) is 0 Å². The lowest BCUT2D eigenvalue weighted by atomic mass is 10.0. The van der Waals surface area contributed by atoms with Crippen molar-refractivity contribution in [3.05, 3.63) is 41.9 Å². The summed E-state index contributed by atoms with van der Waals surface area (Å²) < 4.78 is 6.07. The first-order valence-electron chi connectivity index (χ1n) is 9.73. The smallest absolute Gasteiger partial charge is 0.219 e. The van der Waals surface area contributed by atoms with Crippen molar-refractivity contribution in [3.63, 3.8) is 0 Å². The van der Waals surface area contributed by atoms with Gasteiger partial charge in [0.05, 0.1) is 12.7 Å². The number of rotatable bonds is 4. The molecule has 6 nitrogen and oxygen atoms in total. The maximum atomic E-state index is 11.4. The van der Waals surface area contributed by atoms with E-state index in [0.29, 0.717) is 6.61 Å². The molecule has 0 saturated carbocycles. The molecule has 6 heteroatoms. The second-order valence-corrected chi connectivity index (χ2v) is 7.36. The molecule has 2 aliphatic heterocycles. The summed E-state index contributed by atoms with van der Waals surface area (Å²) in [7, 11) is 0. The fourth-order valence-corrected chi connectivity index (χ4v) is 3.78. The molecule has 4 rings (SSSR count). The van der Waals surface area contributed by atoms with E-state index in [1.807, 2.05) is 23.5 Å². The fourth-order valence-electron chi connectivity index (χ4n) is 3.78. The molecule has 1 amide bonds. The second-order valence-electron chi connectivity index (χ2n) is 7.36. The SMILES string of the molecule is CC(=O)N1CCC(OCc2cncc(-c3cnc4c(c3)CCCN4)c2)CC1. The molecule has 0 unspecified atom stereocenters. The summed E-state index contributed by atoms with van der Waals surface area (Å²) in [6, 6.07) is 4.35. The standard InChI is InChI=1S/C21H26N4O2/c1-15(26)25-7-4-20(5-8-25)27-14-16-9-18(12-22-11-16)19-10-17-3-2-6-23-21(17)24-13-19/h9-13,20H,2-8,14H2,1H3,(H,23,24). The van der Waals surface area contributed by atoms with Gasteiger partial charge in [0, 0.05) is 56.3 Å². The van der Waals surface area contributed by atoms with Crippen molar-refractivity contribution in [2.75, 3.05) is 25.0 Å². The highest BCUT2D eigenvalue weighted by molar-refractivity contribution is 5.73. The van der Waals surface area contributed by atoms with E-state index in [1.165, 1.54) is 5.56 Å². The van der Waals surface area contributed by atoms with Gasteiger partial charge in [-0.2, -0.15) is 0 Å². The summed E-state index contributed by atoms with van der Waals surface area (Å²) in [6.07, 6.45) is 9.88. The van der Waals surface area contributed by atoms with Crippen LogP contribution >= 0.6 is 0 Å². The third kappa shape index (κ3) is 4.27. The second kappa shape index (κ2) is 8.05. The zero-order valence-corrected chi connectivity index (χ0v) is 15.8. The van der Waals surface area contributed by atoms with Crippen LogP contribution in [-0.4, -0.2) is 46.5 Å². The number of fused-ring (bicyclic) bond motifs is 1. The Morgan fingerprint density at radius 2 is 2.04 bits per heavy atom. The summed E-state index contributed by atoms with van der Waals surface area (Å²) in [4.78, 5) is 22.3. The summed E-state index contributed by atoms with van der Waals surface area (Å²) in [5, 5.41) is 3.35.